The summed E-state index contributed by atoms with van der Waals surface area (Å²) in [7, 11) is 0. The third-order valence-corrected chi connectivity index (χ3v) is 7.20. The van der Waals surface area contributed by atoms with Crippen LogP contribution in [-0.4, -0.2) is 33.8 Å². The Morgan fingerprint density at radius 2 is 1.65 bits per heavy atom. The molecule has 40 heavy (non-hydrogen) atoms. The molecule has 4 aromatic rings. The van der Waals surface area contributed by atoms with E-state index in [4.69, 9.17) is 4.74 Å². The Kier molecular flexibility index (Phi) is 8.12. The summed E-state index contributed by atoms with van der Waals surface area (Å²) >= 11 is 0. The first-order valence-electron chi connectivity index (χ1n) is 13.6. The molecule has 6 nitrogen and oxygen atoms in total. The molecule has 0 bridgehead atoms. The minimum Gasteiger partial charge on any atom is -0.462 e. The number of hydrogen-bond acceptors (Lipinski definition) is 4. The van der Waals surface area contributed by atoms with Crippen LogP contribution in [0.15, 0.2) is 84.9 Å². The smallest absolute Gasteiger partial charge is 0.308 e. The van der Waals surface area contributed by atoms with E-state index in [2.05, 4.69) is 9.88 Å². The van der Waals surface area contributed by atoms with Crippen molar-refractivity contribution in [2.75, 3.05) is 5.32 Å². The van der Waals surface area contributed by atoms with Crippen molar-refractivity contribution in [2.45, 2.75) is 57.8 Å². The molecular weight excluding hydrogens is 507 g/mol. The highest BCUT2D eigenvalue weighted by molar-refractivity contribution is 6.12. The molecule has 1 unspecified atom stereocenters. The van der Waals surface area contributed by atoms with Crippen LogP contribution in [0.2, 0.25) is 0 Å². The minimum atomic E-state index is -0.732. The zero-order chi connectivity index (χ0) is 28.2. The van der Waals surface area contributed by atoms with Gasteiger partial charge in [-0.25, -0.2) is 4.39 Å². The molecule has 2 atom stereocenters. The highest BCUT2D eigenvalue weighted by atomic mass is 19.1. The second-order valence-electron chi connectivity index (χ2n) is 10.5. The molecule has 1 amide bonds. The van der Waals surface area contributed by atoms with Gasteiger partial charge in [0.15, 0.2) is 0 Å². The van der Waals surface area contributed by atoms with E-state index in [1.807, 2.05) is 74.5 Å². The lowest BCUT2D eigenvalue weighted by molar-refractivity contribution is -0.160. The minimum absolute atomic E-state index is 0.0000536. The van der Waals surface area contributed by atoms with Crippen LogP contribution < -0.4 is 5.32 Å². The Morgan fingerprint density at radius 1 is 1.00 bits per heavy atom. The lowest BCUT2D eigenvalue weighted by Crippen LogP contribution is -2.33. The number of carbonyl (C=O) groups excluding carboxylic acids is 2. The number of rotatable bonds is 8. The summed E-state index contributed by atoms with van der Waals surface area (Å²) in [6.07, 6.45) is -0.354. The average molecular weight is 541 g/mol. The van der Waals surface area contributed by atoms with E-state index >= 15 is 0 Å². The van der Waals surface area contributed by atoms with Gasteiger partial charge in [0.05, 0.1) is 23.8 Å². The number of para-hydroxylation sites is 1. The molecule has 1 aliphatic heterocycles. The van der Waals surface area contributed by atoms with Crippen molar-refractivity contribution >= 4 is 17.6 Å². The quantitative estimate of drug-likeness (QED) is 0.241. The first-order valence-corrected chi connectivity index (χ1v) is 13.6. The predicted molar refractivity (Wildman–Crippen MR) is 153 cm³/mol. The Hall–Kier alpha value is -4.23. The van der Waals surface area contributed by atoms with E-state index in [1.165, 1.54) is 12.1 Å². The average Bonchev–Trinajstić information content (AvgIpc) is 3.28. The molecule has 2 heterocycles. The molecule has 1 aromatic heterocycles. The van der Waals surface area contributed by atoms with Crippen LogP contribution in [0.1, 0.15) is 55.1 Å². The molecule has 1 saturated heterocycles. The second kappa shape index (κ2) is 11.9. The Labute approximate surface area is 233 Å². The van der Waals surface area contributed by atoms with Crippen molar-refractivity contribution < 1.29 is 23.8 Å². The molecule has 2 N–H and O–H groups in total. The van der Waals surface area contributed by atoms with Gasteiger partial charge >= 0.3 is 5.97 Å². The maximum Gasteiger partial charge on any atom is 0.308 e. The normalized spacial score (nSPS) is 17.1. The molecule has 0 saturated carbocycles. The SMILES string of the molecule is CC(C)c1c(C(=O)Nc2ccccc2)c(-c2ccccc2)c(-c2ccc(F)cc2)n1CCC1C[C@@H](O)CC(=O)O1. The highest BCUT2D eigenvalue weighted by Crippen LogP contribution is 2.42. The molecule has 0 aliphatic carbocycles. The standard InChI is InChI=1S/C33H33FN2O4/c1-21(2)31-30(33(39)35-25-11-7-4-8-12-25)29(22-9-5-3-6-10-22)32(23-13-15-24(34)16-14-23)36(31)18-17-27-19-26(37)20-28(38)40-27/h3-16,21,26-27,37H,17-20H2,1-2H3,(H,35,39)/t26-,27?/m1/s1. The van der Waals surface area contributed by atoms with Gasteiger partial charge in [-0.1, -0.05) is 62.4 Å². The van der Waals surface area contributed by atoms with Crippen molar-refractivity contribution in [2.24, 2.45) is 0 Å². The molecule has 0 spiro atoms. The van der Waals surface area contributed by atoms with Crippen LogP contribution in [-0.2, 0) is 16.1 Å². The third-order valence-electron chi connectivity index (χ3n) is 7.20. The maximum absolute atomic E-state index is 14.1. The Balaban J connectivity index is 1.71. The monoisotopic (exact) mass is 540 g/mol. The van der Waals surface area contributed by atoms with Crippen molar-refractivity contribution in [3.05, 3.63) is 102 Å². The van der Waals surface area contributed by atoms with Gasteiger partial charge < -0.3 is 19.7 Å². The van der Waals surface area contributed by atoms with E-state index in [9.17, 15) is 19.1 Å². The predicted octanol–water partition coefficient (Wildman–Crippen LogP) is 6.79. The summed E-state index contributed by atoms with van der Waals surface area (Å²) in [6, 6.07) is 25.3. The van der Waals surface area contributed by atoms with E-state index in [1.54, 1.807) is 12.1 Å². The summed E-state index contributed by atoms with van der Waals surface area (Å²) in [6.45, 7) is 4.51. The molecule has 1 aliphatic rings. The zero-order valence-corrected chi connectivity index (χ0v) is 22.6. The Morgan fingerprint density at radius 3 is 2.27 bits per heavy atom. The maximum atomic E-state index is 14.1. The molecule has 206 valence electrons. The molecule has 7 heteroatoms. The fourth-order valence-corrected chi connectivity index (χ4v) is 5.52. The number of ether oxygens (including phenoxy) is 1. The second-order valence-corrected chi connectivity index (χ2v) is 10.5. The first kappa shape index (κ1) is 27.3. The number of carbonyl (C=O) groups is 2. The number of nitrogens with zero attached hydrogens (tertiary/aromatic N) is 1. The van der Waals surface area contributed by atoms with Crippen molar-refractivity contribution in [3.63, 3.8) is 0 Å². The lowest BCUT2D eigenvalue weighted by atomic mass is 9.94. The molecule has 5 rings (SSSR count). The number of halogens is 1. The van der Waals surface area contributed by atoms with Crippen molar-refractivity contribution in [3.8, 4) is 22.4 Å². The topological polar surface area (TPSA) is 80.6 Å². The summed E-state index contributed by atoms with van der Waals surface area (Å²) in [4.78, 5) is 26.1. The number of amides is 1. The van der Waals surface area contributed by atoms with Crippen LogP contribution in [0.5, 0.6) is 0 Å². The van der Waals surface area contributed by atoms with E-state index in [0.717, 1.165) is 28.1 Å². The number of aliphatic hydroxyl groups excluding tert-OH is 1. The van der Waals surface area contributed by atoms with Gasteiger partial charge in [-0.05, 0) is 53.4 Å². The lowest BCUT2D eigenvalue weighted by Gasteiger charge is -2.27. The van der Waals surface area contributed by atoms with Crippen LogP contribution in [0.4, 0.5) is 10.1 Å². The van der Waals surface area contributed by atoms with Crippen LogP contribution >= 0.6 is 0 Å². The van der Waals surface area contributed by atoms with Gasteiger partial charge in [0, 0.05) is 36.3 Å². The van der Waals surface area contributed by atoms with Gasteiger partial charge in [0.25, 0.3) is 5.91 Å². The van der Waals surface area contributed by atoms with Crippen molar-refractivity contribution in [1.29, 1.82) is 0 Å². The summed E-state index contributed by atoms with van der Waals surface area (Å²) in [5, 5.41) is 13.2. The van der Waals surface area contributed by atoms with Crippen LogP contribution in [0, 0.1) is 5.82 Å². The number of hydrogen-bond donors (Lipinski definition) is 2. The summed E-state index contributed by atoms with van der Waals surface area (Å²) in [5.41, 5.74) is 5.22. The van der Waals surface area contributed by atoms with Gasteiger partial charge in [-0.2, -0.15) is 0 Å². The van der Waals surface area contributed by atoms with Crippen LogP contribution in [0.3, 0.4) is 0 Å². The number of aliphatic hydroxyl groups is 1. The number of benzene rings is 3. The molecular formula is C33H33FN2O4. The Bertz CT molecular complexity index is 1480. The fraction of sp³-hybridized carbons (Fsp3) is 0.273. The number of nitrogens with one attached hydrogen (secondary N) is 1. The number of esters is 1. The number of cyclic esters (lactones) is 1. The van der Waals surface area contributed by atoms with Crippen LogP contribution in [0.25, 0.3) is 22.4 Å². The molecule has 1 fully saturated rings. The van der Waals surface area contributed by atoms with E-state index in [-0.39, 0.29) is 24.1 Å². The number of anilines is 1. The van der Waals surface area contributed by atoms with E-state index < -0.39 is 18.2 Å². The number of aromatic nitrogens is 1. The summed E-state index contributed by atoms with van der Waals surface area (Å²) in [5.74, 6) is -1.05. The van der Waals surface area contributed by atoms with Crippen molar-refractivity contribution in [1.82, 2.24) is 4.57 Å². The third kappa shape index (κ3) is 5.84. The van der Waals surface area contributed by atoms with Gasteiger partial charge in [-0.3, -0.25) is 9.59 Å². The molecule has 3 aromatic carbocycles. The summed E-state index contributed by atoms with van der Waals surface area (Å²) < 4.78 is 21.7. The molecule has 0 radical (unpaired) electrons. The highest BCUT2D eigenvalue weighted by Gasteiger charge is 2.32. The zero-order valence-electron chi connectivity index (χ0n) is 22.6. The van der Waals surface area contributed by atoms with Gasteiger partial charge in [0.1, 0.15) is 11.9 Å². The van der Waals surface area contributed by atoms with E-state index in [0.29, 0.717) is 30.6 Å². The van der Waals surface area contributed by atoms with Gasteiger partial charge in [-0.15, -0.1) is 0 Å². The largest absolute Gasteiger partial charge is 0.462 e. The fourth-order valence-electron chi connectivity index (χ4n) is 5.52. The van der Waals surface area contributed by atoms with Gasteiger partial charge in [0.2, 0.25) is 0 Å². The first-order chi connectivity index (χ1) is 19.3.